The molecule has 0 radical (unpaired) electrons. The number of esters is 1. The largest absolute Gasteiger partial charge is 0.481 e. The lowest BCUT2D eigenvalue weighted by atomic mass is 9.80. The van der Waals surface area contributed by atoms with Crippen LogP contribution in [0.25, 0.3) is 0 Å². The maximum absolute atomic E-state index is 11.9. The molecular weight excluding hydrogens is 270 g/mol. The van der Waals surface area contributed by atoms with Crippen LogP contribution in [0.4, 0.5) is 0 Å². The van der Waals surface area contributed by atoms with Crippen molar-refractivity contribution in [1.82, 2.24) is 10.3 Å². The number of pyridine rings is 1. The average Bonchev–Trinajstić information content (AvgIpc) is 2.86. The van der Waals surface area contributed by atoms with Gasteiger partial charge in [-0.3, -0.25) is 10.1 Å². The van der Waals surface area contributed by atoms with Crippen LogP contribution in [0.15, 0.2) is 18.3 Å². The van der Waals surface area contributed by atoms with Gasteiger partial charge in [-0.2, -0.15) is 5.26 Å². The first-order chi connectivity index (χ1) is 10.0. The van der Waals surface area contributed by atoms with Crippen molar-refractivity contribution in [2.75, 3.05) is 13.7 Å². The fourth-order valence-electron chi connectivity index (χ4n) is 2.64. The molecule has 21 heavy (non-hydrogen) atoms. The van der Waals surface area contributed by atoms with E-state index in [0.717, 1.165) is 5.56 Å². The number of hydrogen-bond donors (Lipinski definition) is 1. The van der Waals surface area contributed by atoms with E-state index in [-0.39, 0.29) is 12.0 Å². The van der Waals surface area contributed by atoms with Gasteiger partial charge in [0.05, 0.1) is 31.2 Å². The van der Waals surface area contributed by atoms with Crippen LogP contribution >= 0.6 is 0 Å². The Hall–Kier alpha value is -2.13. The second kappa shape index (κ2) is 6.10. The van der Waals surface area contributed by atoms with E-state index in [2.05, 4.69) is 16.4 Å². The highest BCUT2D eigenvalue weighted by Crippen LogP contribution is 2.43. The molecule has 0 bridgehead atoms. The lowest BCUT2D eigenvalue weighted by Gasteiger charge is -2.23. The number of hydrogen-bond acceptors (Lipinski definition) is 6. The van der Waals surface area contributed by atoms with E-state index in [1.807, 2.05) is 13.0 Å². The summed E-state index contributed by atoms with van der Waals surface area (Å²) >= 11 is 0. The molecule has 1 saturated heterocycles. The molecule has 3 atom stereocenters. The number of methoxy groups -OCH3 is 1. The summed E-state index contributed by atoms with van der Waals surface area (Å²) < 4.78 is 10.1. The second-order valence-electron chi connectivity index (χ2n) is 5.27. The van der Waals surface area contributed by atoms with Crippen LogP contribution in [0.2, 0.25) is 0 Å². The molecule has 1 aliphatic rings. The van der Waals surface area contributed by atoms with Crippen molar-refractivity contribution in [1.29, 1.82) is 5.26 Å². The molecule has 6 heteroatoms. The van der Waals surface area contributed by atoms with Gasteiger partial charge in [-0.15, -0.1) is 0 Å². The number of nitriles is 1. The van der Waals surface area contributed by atoms with Crippen molar-refractivity contribution in [3.8, 4) is 11.9 Å². The van der Waals surface area contributed by atoms with E-state index >= 15 is 0 Å². The monoisotopic (exact) mass is 289 g/mol. The number of rotatable bonds is 4. The summed E-state index contributed by atoms with van der Waals surface area (Å²) in [4.78, 5) is 16.1. The molecular formula is C15H19N3O3. The molecule has 1 aromatic rings. The Balaban J connectivity index is 2.24. The van der Waals surface area contributed by atoms with Crippen LogP contribution in [-0.2, 0) is 9.53 Å². The minimum absolute atomic E-state index is 0.268. The Kier molecular flexibility index (Phi) is 4.43. The zero-order valence-corrected chi connectivity index (χ0v) is 12.4. The van der Waals surface area contributed by atoms with Crippen LogP contribution < -0.4 is 10.1 Å². The smallest absolute Gasteiger partial charge is 0.323 e. The van der Waals surface area contributed by atoms with Crippen molar-refractivity contribution >= 4 is 5.97 Å². The van der Waals surface area contributed by atoms with E-state index in [0.29, 0.717) is 18.9 Å². The molecule has 112 valence electrons. The van der Waals surface area contributed by atoms with Crippen molar-refractivity contribution in [3.05, 3.63) is 23.9 Å². The molecule has 0 saturated carbocycles. The lowest BCUT2D eigenvalue weighted by Crippen LogP contribution is -2.34. The van der Waals surface area contributed by atoms with Gasteiger partial charge in [0.2, 0.25) is 5.88 Å². The third-order valence-corrected chi connectivity index (χ3v) is 3.76. The Morgan fingerprint density at radius 2 is 2.38 bits per heavy atom. The van der Waals surface area contributed by atoms with Gasteiger partial charge in [-0.25, -0.2) is 4.98 Å². The summed E-state index contributed by atoms with van der Waals surface area (Å²) in [5.41, 5.74) is 0.167. The Morgan fingerprint density at radius 1 is 1.62 bits per heavy atom. The number of aromatic nitrogens is 1. The topological polar surface area (TPSA) is 84.2 Å². The molecule has 1 unspecified atom stereocenters. The van der Waals surface area contributed by atoms with Gasteiger partial charge in [0, 0.05) is 12.3 Å². The normalized spacial score (nSPS) is 27.9. The van der Waals surface area contributed by atoms with Crippen molar-refractivity contribution in [2.24, 2.45) is 5.41 Å². The molecule has 0 aliphatic carbocycles. The minimum Gasteiger partial charge on any atom is -0.481 e. The Morgan fingerprint density at radius 3 is 2.90 bits per heavy atom. The van der Waals surface area contributed by atoms with Crippen LogP contribution in [0, 0.1) is 16.7 Å². The number of carbonyl (C=O) groups excluding carboxylic acids is 1. The van der Waals surface area contributed by atoms with E-state index < -0.39 is 11.5 Å². The third-order valence-electron chi connectivity index (χ3n) is 3.76. The summed E-state index contributed by atoms with van der Waals surface area (Å²) in [6.45, 7) is 3.93. The number of nitrogens with zero attached hydrogens (tertiary/aromatic N) is 2. The molecule has 2 heterocycles. The number of nitrogens with one attached hydrogen (secondary N) is 1. The van der Waals surface area contributed by atoms with Crippen molar-refractivity contribution in [2.45, 2.75) is 32.4 Å². The first-order valence-corrected chi connectivity index (χ1v) is 6.88. The summed E-state index contributed by atoms with van der Waals surface area (Å²) in [6.07, 6.45) is 2.08. The van der Waals surface area contributed by atoms with Gasteiger partial charge in [0.15, 0.2) is 0 Å². The average molecular weight is 289 g/mol. The maximum Gasteiger partial charge on any atom is 0.323 e. The third kappa shape index (κ3) is 2.98. The van der Waals surface area contributed by atoms with Crippen LogP contribution in [0.3, 0.4) is 0 Å². The summed E-state index contributed by atoms with van der Waals surface area (Å²) in [6, 6.07) is 5.17. The van der Waals surface area contributed by atoms with Crippen molar-refractivity contribution < 1.29 is 14.3 Å². The molecule has 2 rings (SSSR count). The van der Waals surface area contributed by atoms with Crippen molar-refractivity contribution in [3.63, 3.8) is 0 Å². The van der Waals surface area contributed by atoms with Crippen LogP contribution in [0.5, 0.6) is 5.88 Å². The molecule has 1 N–H and O–H groups in total. The fourth-order valence-corrected chi connectivity index (χ4v) is 2.64. The highest BCUT2D eigenvalue weighted by Gasteiger charge is 2.47. The summed E-state index contributed by atoms with van der Waals surface area (Å²) in [7, 11) is 1.55. The van der Waals surface area contributed by atoms with E-state index in [1.54, 1.807) is 26.3 Å². The SMILES string of the molecule is CCOC(=O)C1C[C@@](C)(C#N)[C@H](c2ccc(OC)nc2)N1. The van der Waals surface area contributed by atoms with Gasteiger partial charge < -0.3 is 9.47 Å². The first-order valence-electron chi connectivity index (χ1n) is 6.88. The van der Waals surface area contributed by atoms with Gasteiger partial charge in [-0.1, -0.05) is 6.07 Å². The molecule has 1 aromatic heterocycles. The van der Waals surface area contributed by atoms with E-state index in [1.165, 1.54) is 0 Å². The predicted octanol–water partition coefficient (Wildman–Crippen LogP) is 1.59. The van der Waals surface area contributed by atoms with Crippen LogP contribution in [0.1, 0.15) is 31.9 Å². The zero-order chi connectivity index (χ0) is 15.5. The lowest BCUT2D eigenvalue weighted by molar-refractivity contribution is -0.145. The zero-order valence-electron chi connectivity index (χ0n) is 12.4. The van der Waals surface area contributed by atoms with Gasteiger partial charge in [-0.05, 0) is 25.8 Å². The Bertz CT molecular complexity index is 552. The summed E-state index contributed by atoms with van der Waals surface area (Å²) in [5, 5.41) is 12.7. The molecule has 0 spiro atoms. The molecule has 1 aliphatic heterocycles. The highest BCUT2D eigenvalue weighted by molar-refractivity contribution is 5.76. The van der Waals surface area contributed by atoms with E-state index in [9.17, 15) is 10.1 Å². The standard InChI is InChI=1S/C15H19N3O3/c1-4-21-14(19)11-7-15(2,9-16)13(18-11)10-5-6-12(20-3)17-8-10/h5-6,8,11,13,18H,4,7H2,1-3H3/t11?,13-,15-/m0/s1. The maximum atomic E-state index is 11.9. The second-order valence-corrected chi connectivity index (χ2v) is 5.27. The quantitative estimate of drug-likeness (QED) is 0.847. The summed E-state index contributed by atoms with van der Waals surface area (Å²) in [5.74, 6) is 0.195. The minimum atomic E-state index is -0.687. The fraction of sp³-hybridized carbons (Fsp3) is 0.533. The van der Waals surface area contributed by atoms with Gasteiger partial charge >= 0.3 is 5.97 Å². The first kappa shape index (κ1) is 15.3. The highest BCUT2D eigenvalue weighted by atomic mass is 16.5. The van der Waals surface area contributed by atoms with E-state index in [4.69, 9.17) is 9.47 Å². The van der Waals surface area contributed by atoms with Gasteiger partial charge in [0.1, 0.15) is 6.04 Å². The molecule has 0 aromatic carbocycles. The molecule has 6 nitrogen and oxygen atoms in total. The molecule has 0 amide bonds. The Labute approximate surface area is 124 Å². The number of carbonyl (C=O) groups is 1. The molecule has 1 fully saturated rings. The van der Waals surface area contributed by atoms with Crippen LogP contribution in [-0.4, -0.2) is 30.7 Å². The number of ether oxygens (including phenoxy) is 2. The predicted molar refractivity (Wildman–Crippen MR) is 75.4 cm³/mol. The van der Waals surface area contributed by atoms with Gasteiger partial charge in [0.25, 0.3) is 0 Å².